The summed E-state index contributed by atoms with van der Waals surface area (Å²) in [5, 5.41) is 2.58. The number of amides is 1. The first-order valence-corrected chi connectivity index (χ1v) is 6.20. The minimum absolute atomic E-state index is 0.498. The van der Waals surface area contributed by atoms with E-state index < -0.39 is 29.9 Å². The minimum atomic E-state index is -0.855. The molecule has 0 spiro atoms. The maximum atomic E-state index is 13.3. The van der Waals surface area contributed by atoms with Crippen LogP contribution in [0.25, 0.3) is 0 Å². The molecule has 0 saturated carbocycles. The van der Waals surface area contributed by atoms with Crippen molar-refractivity contribution in [2.75, 3.05) is 17.7 Å². The lowest BCUT2D eigenvalue weighted by molar-refractivity contribution is -0.118. The van der Waals surface area contributed by atoms with Gasteiger partial charge in [-0.25, -0.2) is 8.78 Å². The summed E-state index contributed by atoms with van der Waals surface area (Å²) in [4.78, 5) is 11.7. The van der Waals surface area contributed by atoms with E-state index in [0.29, 0.717) is 11.4 Å². The molecule has 110 valence electrons. The number of para-hydroxylation sites is 1. The summed E-state index contributed by atoms with van der Waals surface area (Å²) in [6.45, 7) is 1.28. The summed E-state index contributed by atoms with van der Waals surface area (Å²) >= 11 is 0. The third-order valence-corrected chi connectivity index (χ3v) is 2.79. The van der Waals surface area contributed by atoms with Crippen molar-refractivity contribution in [2.45, 2.75) is 6.92 Å². The Morgan fingerprint density at radius 2 is 1.90 bits per heavy atom. The van der Waals surface area contributed by atoms with Crippen LogP contribution in [0.15, 0.2) is 36.4 Å². The summed E-state index contributed by atoms with van der Waals surface area (Å²) in [6, 6.07) is 8.31. The number of nitrogens with one attached hydrogen (secondary N) is 1. The Morgan fingerprint density at radius 1 is 1.24 bits per heavy atom. The van der Waals surface area contributed by atoms with Crippen LogP contribution in [0.1, 0.15) is 5.56 Å². The fourth-order valence-electron chi connectivity index (χ4n) is 1.77. The van der Waals surface area contributed by atoms with Crippen LogP contribution in [0, 0.1) is 18.6 Å². The van der Waals surface area contributed by atoms with E-state index in [0.717, 1.165) is 17.7 Å². The first-order valence-electron chi connectivity index (χ1n) is 6.20. The number of hydrogen-bond acceptors (Lipinski definition) is 3. The highest BCUT2D eigenvalue weighted by Gasteiger charge is 2.12. The lowest BCUT2D eigenvalue weighted by Crippen LogP contribution is -2.21. The molecule has 0 aliphatic rings. The first-order chi connectivity index (χ1) is 9.97. The van der Waals surface area contributed by atoms with Crippen molar-refractivity contribution in [1.82, 2.24) is 0 Å². The summed E-state index contributed by atoms with van der Waals surface area (Å²) in [5.41, 5.74) is 7.52. The lowest BCUT2D eigenvalue weighted by Gasteiger charge is -2.11. The Balaban J connectivity index is 1.99. The number of carbonyl (C=O) groups excluding carboxylic acids is 1. The molecule has 2 aromatic carbocycles. The molecule has 2 rings (SSSR count). The summed E-state index contributed by atoms with van der Waals surface area (Å²) in [5.74, 6) is -2.80. The summed E-state index contributed by atoms with van der Waals surface area (Å²) in [7, 11) is 0. The predicted molar refractivity (Wildman–Crippen MR) is 76.1 cm³/mol. The molecule has 0 aliphatic carbocycles. The quantitative estimate of drug-likeness (QED) is 0.852. The fourth-order valence-corrected chi connectivity index (χ4v) is 1.77. The van der Waals surface area contributed by atoms with Gasteiger partial charge in [0, 0.05) is 11.4 Å². The smallest absolute Gasteiger partial charge is 0.262 e. The zero-order valence-corrected chi connectivity index (χ0v) is 11.3. The first kappa shape index (κ1) is 14.8. The molecular formula is C15H14F2N2O2. The normalized spacial score (nSPS) is 10.2. The molecule has 1 amide bonds. The number of rotatable bonds is 4. The van der Waals surface area contributed by atoms with Gasteiger partial charge in [0.05, 0.1) is 0 Å². The molecule has 0 aliphatic heterocycles. The van der Waals surface area contributed by atoms with E-state index in [2.05, 4.69) is 5.32 Å². The third-order valence-electron chi connectivity index (χ3n) is 2.79. The molecule has 0 unspecified atom stereocenters. The van der Waals surface area contributed by atoms with E-state index in [1.807, 2.05) is 0 Å². The number of halogens is 2. The monoisotopic (exact) mass is 292 g/mol. The van der Waals surface area contributed by atoms with Gasteiger partial charge in [-0.15, -0.1) is 0 Å². The zero-order chi connectivity index (χ0) is 15.4. The van der Waals surface area contributed by atoms with E-state index in [1.54, 1.807) is 25.1 Å². The number of anilines is 2. The largest absolute Gasteiger partial charge is 0.478 e. The van der Waals surface area contributed by atoms with Gasteiger partial charge in [0.2, 0.25) is 0 Å². The minimum Gasteiger partial charge on any atom is -0.478 e. The number of nitrogen functional groups attached to an aromatic ring is 1. The Labute approximate surface area is 120 Å². The molecule has 2 aromatic rings. The maximum absolute atomic E-state index is 13.3. The molecule has 0 bridgehead atoms. The van der Waals surface area contributed by atoms with Gasteiger partial charge in [-0.2, -0.15) is 0 Å². The van der Waals surface area contributed by atoms with Crippen molar-refractivity contribution < 1.29 is 18.3 Å². The van der Waals surface area contributed by atoms with Crippen molar-refractivity contribution in [2.24, 2.45) is 0 Å². The van der Waals surface area contributed by atoms with Crippen molar-refractivity contribution in [3.05, 3.63) is 53.6 Å². The lowest BCUT2D eigenvalue weighted by atomic mass is 10.2. The molecule has 0 aromatic heterocycles. The number of ether oxygens (including phenoxy) is 1. The van der Waals surface area contributed by atoms with Crippen molar-refractivity contribution >= 4 is 17.3 Å². The second-order valence-electron chi connectivity index (χ2n) is 4.46. The van der Waals surface area contributed by atoms with Crippen LogP contribution in [0.4, 0.5) is 20.2 Å². The van der Waals surface area contributed by atoms with E-state index >= 15 is 0 Å². The van der Waals surface area contributed by atoms with Crippen LogP contribution in [-0.4, -0.2) is 12.5 Å². The topological polar surface area (TPSA) is 64.3 Å². The third kappa shape index (κ3) is 3.68. The van der Waals surface area contributed by atoms with Gasteiger partial charge in [0.1, 0.15) is 0 Å². The Kier molecular flexibility index (Phi) is 4.37. The van der Waals surface area contributed by atoms with Crippen molar-refractivity contribution in [3.63, 3.8) is 0 Å². The summed E-state index contributed by atoms with van der Waals surface area (Å²) in [6.07, 6.45) is 0. The van der Waals surface area contributed by atoms with E-state index in [1.165, 1.54) is 6.07 Å². The van der Waals surface area contributed by atoms with Gasteiger partial charge in [-0.3, -0.25) is 4.79 Å². The Hall–Kier alpha value is -2.63. The van der Waals surface area contributed by atoms with Crippen LogP contribution < -0.4 is 15.8 Å². The average molecular weight is 292 g/mol. The van der Waals surface area contributed by atoms with Gasteiger partial charge in [-0.05, 0) is 42.8 Å². The maximum Gasteiger partial charge on any atom is 0.262 e. The van der Waals surface area contributed by atoms with Crippen LogP contribution in [0.2, 0.25) is 0 Å². The Morgan fingerprint density at radius 3 is 2.52 bits per heavy atom. The molecule has 21 heavy (non-hydrogen) atoms. The molecule has 0 atom stereocenters. The van der Waals surface area contributed by atoms with Crippen molar-refractivity contribution in [3.8, 4) is 5.75 Å². The fraction of sp³-hybridized carbons (Fsp3) is 0.133. The van der Waals surface area contributed by atoms with Gasteiger partial charge in [0.15, 0.2) is 24.0 Å². The molecule has 0 heterocycles. The van der Waals surface area contributed by atoms with E-state index in [-0.39, 0.29) is 0 Å². The highest BCUT2D eigenvalue weighted by molar-refractivity contribution is 5.92. The Bertz CT molecular complexity index is 654. The molecule has 3 N–H and O–H groups in total. The number of aryl methyl sites for hydroxylation is 1. The number of carbonyl (C=O) groups is 1. The highest BCUT2D eigenvalue weighted by Crippen LogP contribution is 2.21. The summed E-state index contributed by atoms with van der Waals surface area (Å²) < 4.78 is 31.5. The second-order valence-corrected chi connectivity index (χ2v) is 4.46. The highest BCUT2D eigenvalue weighted by atomic mass is 19.1. The predicted octanol–water partition coefficient (Wildman–Crippen LogP) is 2.87. The number of nitrogens with two attached hydrogens (primary N) is 1. The SMILES string of the molecule is Cc1cc(N)ccc1NC(=O)COc1c(F)cccc1F. The van der Waals surface area contributed by atoms with Gasteiger partial charge in [0.25, 0.3) is 5.91 Å². The molecule has 4 nitrogen and oxygen atoms in total. The molecule has 0 saturated heterocycles. The molecule has 0 fully saturated rings. The van der Waals surface area contributed by atoms with Crippen LogP contribution in [0.5, 0.6) is 5.75 Å². The van der Waals surface area contributed by atoms with Crippen molar-refractivity contribution in [1.29, 1.82) is 0 Å². The van der Waals surface area contributed by atoms with Crippen LogP contribution in [-0.2, 0) is 4.79 Å². The average Bonchev–Trinajstić information content (AvgIpc) is 2.41. The van der Waals surface area contributed by atoms with Crippen LogP contribution in [0.3, 0.4) is 0 Å². The zero-order valence-electron chi connectivity index (χ0n) is 11.3. The second kappa shape index (κ2) is 6.21. The van der Waals surface area contributed by atoms with Gasteiger partial charge in [-0.1, -0.05) is 6.07 Å². The van der Waals surface area contributed by atoms with Crippen LogP contribution >= 0.6 is 0 Å². The molecule has 0 radical (unpaired) electrons. The van der Waals surface area contributed by atoms with Gasteiger partial charge >= 0.3 is 0 Å². The van der Waals surface area contributed by atoms with E-state index in [9.17, 15) is 13.6 Å². The number of hydrogen-bond donors (Lipinski definition) is 2. The van der Waals surface area contributed by atoms with E-state index in [4.69, 9.17) is 10.5 Å². The number of benzene rings is 2. The van der Waals surface area contributed by atoms with Gasteiger partial charge < -0.3 is 15.8 Å². The standard InChI is InChI=1S/C15H14F2N2O2/c1-9-7-10(18)5-6-13(9)19-14(20)8-21-15-11(16)3-2-4-12(15)17/h2-7H,8,18H2,1H3,(H,19,20). The molecule has 6 heteroatoms. The molecular weight excluding hydrogens is 278 g/mol.